The highest BCUT2D eigenvalue weighted by Crippen LogP contribution is 2.35. The van der Waals surface area contributed by atoms with Gasteiger partial charge in [0, 0.05) is 11.6 Å². The van der Waals surface area contributed by atoms with E-state index in [0.29, 0.717) is 24.0 Å². The Labute approximate surface area is 144 Å². The highest BCUT2D eigenvalue weighted by atomic mass is 16.3. The van der Waals surface area contributed by atoms with Crippen molar-refractivity contribution in [3.63, 3.8) is 0 Å². The van der Waals surface area contributed by atoms with Crippen molar-refractivity contribution < 1.29 is 19.7 Å². The number of phenolic OH excluding ortho intramolecular Hbond substituents is 3. The predicted octanol–water partition coefficient (Wildman–Crippen LogP) is 4.09. The molecule has 0 radical (unpaired) electrons. The molecule has 0 aliphatic carbocycles. The molecule has 5 heteroatoms. The summed E-state index contributed by atoms with van der Waals surface area (Å²) in [5.74, 6) is -0.364. The first-order valence-electron chi connectivity index (χ1n) is 7.81. The summed E-state index contributed by atoms with van der Waals surface area (Å²) in [7, 11) is 0. The summed E-state index contributed by atoms with van der Waals surface area (Å²) in [6, 6.07) is 7.27. The van der Waals surface area contributed by atoms with Crippen molar-refractivity contribution in [2.45, 2.75) is 19.8 Å². The monoisotopic (exact) mass is 338 g/mol. The van der Waals surface area contributed by atoms with E-state index in [1.54, 1.807) is 12.1 Å². The molecule has 2 aromatic carbocycles. The van der Waals surface area contributed by atoms with Crippen LogP contribution < -0.4 is 5.43 Å². The van der Waals surface area contributed by atoms with Crippen molar-refractivity contribution in [2.24, 2.45) is 0 Å². The Morgan fingerprint density at radius 2 is 1.80 bits per heavy atom. The minimum absolute atomic E-state index is 0.0279. The topological polar surface area (TPSA) is 90.9 Å². The van der Waals surface area contributed by atoms with Crippen molar-refractivity contribution in [2.75, 3.05) is 0 Å². The first-order valence-corrected chi connectivity index (χ1v) is 7.81. The molecule has 0 aliphatic heterocycles. The van der Waals surface area contributed by atoms with Crippen LogP contribution in [0.2, 0.25) is 0 Å². The number of aromatic hydroxyl groups is 3. The smallest absolute Gasteiger partial charge is 0.204 e. The van der Waals surface area contributed by atoms with E-state index in [1.807, 2.05) is 6.92 Å². The Balaban J connectivity index is 2.23. The van der Waals surface area contributed by atoms with Gasteiger partial charge in [-0.05, 0) is 37.5 Å². The molecule has 0 aliphatic rings. The molecule has 0 fully saturated rings. The van der Waals surface area contributed by atoms with Crippen molar-refractivity contribution >= 4 is 11.0 Å². The van der Waals surface area contributed by atoms with Gasteiger partial charge in [0.15, 0.2) is 0 Å². The summed E-state index contributed by atoms with van der Waals surface area (Å²) in [6.45, 7) is 5.71. The molecule has 5 nitrogen and oxygen atoms in total. The fraction of sp³-hybridized carbons (Fsp3) is 0.150. The second kappa shape index (κ2) is 6.36. The van der Waals surface area contributed by atoms with Crippen LogP contribution >= 0.6 is 0 Å². The van der Waals surface area contributed by atoms with Gasteiger partial charge in [0.2, 0.25) is 5.43 Å². The Kier molecular flexibility index (Phi) is 4.23. The maximum atomic E-state index is 12.9. The molecule has 0 spiro atoms. The molecule has 0 atom stereocenters. The molecule has 0 saturated carbocycles. The first kappa shape index (κ1) is 16.6. The SMILES string of the molecule is C=C(C)CCc1c(O)cc(O)c2c(=O)c(-c3ccc(O)cc3)coc12. The minimum Gasteiger partial charge on any atom is -0.508 e. The molecular weight excluding hydrogens is 320 g/mol. The van der Waals surface area contributed by atoms with Gasteiger partial charge < -0.3 is 19.7 Å². The Morgan fingerprint density at radius 3 is 2.44 bits per heavy atom. The lowest BCUT2D eigenvalue weighted by Crippen LogP contribution is -2.06. The maximum Gasteiger partial charge on any atom is 0.204 e. The Bertz CT molecular complexity index is 1010. The van der Waals surface area contributed by atoms with E-state index in [9.17, 15) is 20.1 Å². The minimum atomic E-state index is -0.402. The quantitative estimate of drug-likeness (QED) is 0.623. The number of aryl methyl sites for hydroxylation is 1. The first-order chi connectivity index (χ1) is 11.9. The van der Waals surface area contributed by atoms with E-state index in [4.69, 9.17) is 4.42 Å². The fourth-order valence-corrected chi connectivity index (χ4v) is 2.75. The number of phenols is 3. The molecule has 0 amide bonds. The summed E-state index contributed by atoms with van der Waals surface area (Å²) in [5, 5.41) is 29.7. The summed E-state index contributed by atoms with van der Waals surface area (Å²) in [6.07, 6.45) is 2.37. The van der Waals surface area contributed by atoms with Crippen molar-refractivity contribution in [3.05, 3.63) is 64.5 Å². The maximum absolute atomic E-state index is 12.9. The second-order valence-electron chi connectivity index (χ2n) is 6.08. The van der Waals surface area contributed by atoms with Crippen molar-refractivity contribution in [1.29, 1.82) is 0 Å². The van der Waals surface area contributed by atoms with Gasteiger partial charge in [-0.25, -0.2) is 0 Å². The van der Waals surface area contributed by atoms with Crippen LogP contribution in [-0.2, 0) is 6.42 Å². The van der Waals surface area contributed by atoms with Crippen LogP contribution in [-0.4, -0.2) is 15.3 Å². The van der Waals surface area contributed by atoms with Crippen LogP contribution in [0, 0.1) is 0 Å². The van der Waals surface area contributed by atoms with Gasteiger partial charge in [-0.3, -0.25) is 4.79 Å². The molecule has 1 heterocycles. The summed E-state index contributed by atoms with van der Waals surface area (Å²) < 4.78 is 5.62. The van der Waals surface area contributed by atoms with E-state index in [1.165, 1.54) is 18.4 Å². The Hall–Kier alpha value is -3.21. The molecule has 1 aromatic heterocycles. The van der Waals surface area contributed by atoms with Gasteiger partial charge >= 0.3 is 0 Å². The average Bonchev–Trinajstić information content (AvgIpc) is 2.55. The normalized spacial score (nSPS) is 10.9. The van der Waals surface area contributed by atoms with Crippen LogP contribution in [0.5, 0.6) is 17.2 Å². The van der Waals surface area contributed by atoms with Crippen LogP contribution in [0.1, 0.15) is 18.9 Å². The van der Waals surface area contributed by atoms with Gasteiger partial charge in [-0.15, -0.1) is 6.58 Å². The Morgan fingerprint density at radius 1 is 1.12 bits per heavy atom. The van der Waals surface area contributed by atoms with Crippen LogP contribution in [0.4, 0.5) is 0 Å². The molecule has 25 heavy (non-hydrogen) atoms. The number of rotatable bonds is 4. The van der Waals surface area contributed by atoms with Crippen LogP contribution in [0.15, 0.2) is 58.0 Å². The largest absolute Gasteiger partial charge is 0.508 e. The third kappa shape index (κ3) is 3.08. The second-order valence-corrected chi connectivity index (χ2v) is 6.08. The molecule has 3 aromatic rings. The number of hydrogen-bond donors (Lipinski definition) is 3. The lowest BCUT2D eigenvalue weighted by atomic mass is 9.99. The van der Waals surface area contributed by atoms with E-state index in [-0.39, 0.29) is 33.8 Å². The van der Waals surface area contributed by atoms with Gasteiger partial charge in [-0.2, -0.15) is 0 Å². The number of fused-ring (bicyclic) bond motifs is 1. The third-order valence-electron chi connectivity index (χ3n) is 4.09. The zero-order valence-corrected chi connectivity index (χ0v) is 13.7. The van der Waals surface area contributed by atoms with Gasteiger partial charge in [-0.1, -0.05) is 17.7 Å². The van der Waals surface area contributed by atoms with Gasteiger partial charge in [0.05, 0.1) is 5.56 Å². The molecule has 3 rings (SSSR count). The van der Waals surface area contributed by atoms with Gasteiger partial charge in [0.25, 0.3) is 0 Å². The predicted molar refractivity (Wildman–Crippen MR) is 96.0 cm³/mol. The summed E-state index contributed by atoms with van der Waals surface area (Å²) in [5.41, 5.74) is 1.99. The fourth-order valence-electron chi connectivity index (χ4n) is 2.75. The summed E-state index contributed by atoms with van der Waals surface area (Å²) >= 11 is 0. The molecule has 3 N–H and O–H groups in total. The lowest BCUT2D eigenvalue weighted by molar-refractivity contribution is 0.446. The van der Waals surface area contributed by atoms with E-state index in [0.717, 1.165) is 11.6 Å². The van der Waals surface area contributed by atoms with Crippen molar-refractivity contribution in [1.82, 2.24) is 0 Å². The molecule has 0 saturated heterocycles. The standard InChI is InChI=1S/C20H18O5/c1-11(2)3-8-14-16(22)9-17(23)18-19(24)15(10-25-20(14)18)12-4-6-13(21)7-5-12/h4-7,9-10,21-23H,1,3,8H2,2H3. The lowest BCUT2D eigenvalue weighted by Gasteiger charge is -2.11. The third-order valence-corrected chi connectivity index (χ3v) is 4.09. The number of allylic oxidation sites excluding steroid dienone is 1. The van der Waals surface area contributed by atoms with Gasteiger partial charge in [0.1, 0.15) is 34.5 Å². The van der Waals surface area contributed by atoms with E-state index in [2.05, 4.69) is 6.58 Å². The van der Waals surface area contributed by atoms with Crippen LogP contribution in [0.25, 0.3) is 22.1 Å². The highest BCUT2D eigenvalue weighted by Gasteiger charge is 2.19. The molecular formula is C20H18O5. The van der Waals surface area contributed by atoms with E-state index < -0.39 is 5.43 Å². The highest BCUT2D eigenvalue weighted by molar-refractivity contribution is 5.90. The molecule has 0 bridgehead atoms. The van der Waals surface area contributed by atoms with E-state index >= 15 is 0 Å². The zero-order valence-electron chi connectivity index (χ0n) is 13.7. The number of hydrogen-bond acceptors (Lipinski definition) is 5. The zero-order chi connectivity index (χ0) is 18.1. The average molecular weight is 338 g/mol. The molecule has 128 valence electrons. The van der Waals surface area contributed by atoms with Crippen LogP contribution in [0.3, 0.4) is 0 Å². The molecule has 0 unspecified atom stereocenters. The number of benzene rings is 2. The summed E-state index contributed by atoms with van der Waals surface area (Å²) in [4.78, 5) is 12.9. The van der Waals surface area contributed by atoms with Crippen molar-refractivity contribution in [3.8, 4) is 28.4 Å².